The number of alkyl halides is 1. The first-order valence-corrected chi connectivity index (χ1v) is 12.9. The van der Waals surface area contributed by atoms with Gasteiger partial charge in [0.25, 0.3) is 0 Å². The van der Waals surface area contributed by atoms with Crippen LogP contribution in [0.15, 0.2) is 0 Å². The van der Waals surface area contributed by atoms with Crippen molar-refractivity contribution in [3.63, 3.8) is 0 Å². The van der Waals surface area contributed by atoms with E-state index in [9.17, 15) is 24.3 Å². The van der Waals surface area contributed by atoms with Gasteiger partial charge in [-0.15, -0.1) is 0 Å². The third-order valence-electron chi connectivity index (χ3n) is 7.07. The number of fused-ring (bicyclic) bond motifs is 1. The van der Waals surface area contributed by atoms with Gasteiger partial charge in [0.05, 0.1) is 30.8 Å². The van der Waals surface area contributed by atoms with Crippen molar-refractivity contribution in [3.05, 3.63) is 11.3 Å². The molecule has 2 saturated heterocycles. The number of carbonyl (C=O) groups excluding carboxylic acids is 1. The third-order valence-corrected chi connectivity index (χ3v) is 7.07. The summed E-state index contributed by atoms with van der Waals surface area (Å²) >= 11 is 0. The molecule has 1 N–H and O–H groups in total. The first kappa shape index (κ1) is 27.6. The van der Waals surface area contributed by atoms with Crippen molar-refractivity contribution in [2.24, 2.45) is 0 Å². The number of ether oxygens (including phenoxy) is 2. The summed E-state index contributed by atoms with van der Waals surface area (Å²) in [4.78, 5) is 40.5. The lowest BCUT2D eigenvalue weighted by Gasteiger charge is -2.42. The highest BCUT2D eigenvalue weighted by atomic mass is 19.1. The van der Waals surface area contributed by atoms with Crippen molar-refractivity contribution in [2.45, 2.75) is 70.4 Å². The number of piperazine rings is 1. The van der Waals surface area contributed by atoms with Crippen molar-refractivity contribution in [1.82, 2.24) is 24.7 Å². The molecule has 4 rings (SSSR count). The Hall–Kier alpha value is -3.40. The van der Waals surface area contributed by atoms with Crippen LogP contribution in [0.5, 0.6) is 6.01 Å². The standard InChI is InChI=1S/C25H36FN7O5/c1-25(2,3)38-24(36)33-10-9-31(13-17(33)5-7-27)21-19-6-8-32(23(34)35)14-20(19)28-22(29-21)37-15-18-11-16(26)12-30(18)4/h16-18H,5-6,8-15H2,1-4H3,(H,34,35)/t16-,17+,18-/m1/s1. The van der Waals surface area contributed by atoms with Crippen molar-refractivity contribution in [3.8, 4) is 12.1 Å². The summed E-state index contributed by atoms with van der Waals surface area (Å²) in [6, 6.07) is 1.75. The Morgan fingerprint density at radius 2 is 1.95 bits per heavy atom. The fourth-order valence-electron chi connectivity index (χ4n) is 5.14. The van der Waals surface area contributed by atoms with Gasteiger partial charge in [0.1, 0.15) is 24.2 Å². The van der Waals surface area contributed by atoms with Gasteiger partial charge in [0.15, 0.2) is 0 Å². The van der Waals surface area contributed by atoms with E-state index >= 15 is 0 Å². The molecule has 0 unspecified atom stereocenters. The van der Waals surface area contributed by atoms with E-state index < -0.39 is 30.0 Å². The molecule has 1 aromatic heterocycles. The van der Waals surface area contributed by atoms with Crippen LogP contribution in [0.2, 0.25) is 0 Å². The minimum absolute atomic E-state index is 0.103. The Labute approximate surface area is 221 Å². The van der Waals surface area contributed by atoms with Gasteiger partial charge < -0.3 is 29.3 Å². The summed E-state index contributed by atoms with van der Waals surface area (Å²) in [5, 5.41) is 19.0. The molecule has 3 atom stereocenters. The van der Waals surface area contributed by atoms with E-state index in [0.717, 1.165) is 5.56 Å². The number of rotatable bonds is 5. The van der Waals surface area contributed by atoms with Crippen LogP contribution in [0.3, 0.4) is 0 Å². The minimum atomic E-state index is -1.03. The number of carbonyl (C=O) groups is 2. The molecule has 0 aliphatic carbocycles. The lowest BCUT2D eigenvalue weighted by Crippen LogP contribution is -2.56. The van der Waals surface area contributed by atoms with Crippen LogP contribution in [-0.2, 0) is 17.7 Å². The largest absolute Gasteiger partial charge is 0.465 e. The Morgan fingerprint density at radius 3 is 2.58 bits per heavy atom. The van der Waals surface area contributed by atoms with Gasteiger partial charge in [-0.25, -0.2) is 14.0 Å². The van der Waals surface area contributed by atoms with Crippen molar-refractivity contribution in [2.75, 3.05) is 51.3 Å². The Morgan fingerprint density at radius 1 is 1.18 bits per heavy atom. The molecule has 3 aliphatic rings. The molecule has 0 bridgehead atoms. The van der Waals surface area contributed by atoms with Gasteiger partial charge >= 0.3 is 18.2 Å². The van der Waals surface area contributed by atoms with E-state index in [1.165, 1.54) is 4.90 Å². The lowest BCUT2D eigenvalue weighted by atomic mass is 10.0. The molecule has 38 heavy (non-hydrogen) atoms. The zero-order chi connectivity index (χ0) is 27.6. The molecular formula is C25H36FN7O5. The van der Waals surface area contributed by atoms with Gasteiger partial charge in [-0.1, -0.05) is 0 Å². The van der Waals surface area contributed by atoms with Gasteiger partial charge in [0.2, 0.25) is 0 Å². The van der Waals surface area contributed by atoms with Crippen molar-refractivity contribution >= 4 is 18.0 Å². The van der Waals surface area contributed by atoms with E-state index in [1.54, 1.807) is 25.7 Å². The molecule has 0 spiro atoms. The number of amides is 2. The summed E-state index contributed by atoms with van der Waals surface area (Å²) in [5.74, 6) is 0.616. The number of likely N-dealkylation sites (N-methyl/N-ethyl adjacent to an activating group) is 1. The van der Waals surface area contributed by atoms with Gasteiger partial charge in [-0.3, -0.25) is 4.90 Å². The number of hydrogen-bond acceptors (Lipinski definition) is 9. The van der Waals surface area contributed by atoms with Crippen LogP contribution in [0.25, 0.3) is 0 Å². The van der Waals surface area contributed by atoms with E-state index in [4.69, 9.17) is 14.5 Å². The van der Waals surface area contributed by atoms with Crippen LogP contribution in [-0.4, -0.2) is 112 Å². The van der Waals surface area contributed by atoms with Gasteiger partial charge in [-0.05, 0) is 40.7 Å². The number of nitriles is 1. The highest BCUT2D eigenvalue weighted by molar-refractivity contribution is 5.69. The van der Waals surface area contributed by atoms with E-state index in [0.29, 0.717) is 57.1 Å². The third kappa shape index (κ3) is 6.35. The van der Waals surface area contributed by atoms with Crippen LogP contribution in [0, 0.1) is 11.3 Å². The average Bonchev–Trinajstić information content (AvgIpc) is 3.17. The lowest BCUT2D eigenvalue weighted by molar-refractivity contribution is 0.0144. The molecular weight excluding hydrogens is 497 g/mol. The summed E-state index contributed by atoms with van der Waals surface area (Å²) in [6.07, 6.45) is -1.48. The molecule has 0 aromatic carbocycles. The molecule has 12 nitrogen and oxygen atoms in total. The number of aromatic nitrogens is 2. The molecule has 2 fully saturated rings. The predicted molar refractivity (Wildman–Crippen MR) is 135 cm³/mol. The van der Waals surface area contributed by atoms with E-state index in [1.807, 2.05) is 16.8 Å². The Kier molecular flexibility index (Phi) is 8.10. The summed E-state index contributed by atoms with van der Waals surface area (Å²) < 4.78 is 25.3. The minimum Gasteiger partial charge on any atom is -0.465 e. The smallest absolute Gasteiger partial charge is 0.410 e. The normalized spacial score (nSPS) is 24.1. The van der Waals surface area contributed by atoms with Gasteiger partial charge in [0, 0.05) is 44.3 Å². The molecule has 4 heterocycles. The maximum absolute atomic E-state index is 13.8. The predicted octanol–water partition coefficient (Wildman–Crippen LogP) is 2.27. The highest BCUT2D eigenvalue weighted by Crippen LogP contribution is 2.31. The van der Waals surface area contributed by atoms with Crippen LogP contribution < -0.4 is 9.64 Å². The number of carboxylic acid groups (broad SMARTS) is 1. The molecule has 208 valence electrons. The summed E-state index contributed by atoms with van der Waals surface area (Å²) in [5.41, 5.74) is 0.737. The average molecular weight is 534 g/mol. The maximum atomic E-state index is 13.8. The summed E-state index contributed by atoms with van der Waals surface area (Å²) in [6.45, 7) is 7.50. The second-order valence-corrected chi connectivity index (χ2v) is 11.1. The topological polar surface area (TPSA) is 135 Å². The quantitative estimate of drug-likeness (QED) is 0.600. The summed E-state index contributed by atoms with van der Waals surface area (Å²) in [7, 11) is 1.84. The van der Waals surface area contributed by atoms with E-state index in [-0.39, 0.29) is 31.6 Å². The number of anilines is 1. The monoisotopic (exact) mass is 533 g/mol. The van der Waals surface area contributed by atoms with Gasteiger partial charge in [-0.2, -0.15) is 15.2 Å². The molecule has 0 radical (unpaired) electrons. The molecule has 1 aromatic rings. The SMILES string of the molecule is CN1C[C@H](F)C[C@@H]1COc1nc2c(c(N3CCN(C(=O)OC(C)(C)C)[C@@H](CC#N)C3)n1)CCN(C(=O)O)C2. The Bertz CT molecular complexity index is 1090. The van der Waals surface area contributed by atoms with Crippen LogP contribution >= 0.6 is 0 Å². The second-order valence-electron chi connectivity index (χ2n) is 11.1. The zero-order valence-corrected chi connectivity index (χ0v) is 22.4. The maximum Gasteiger partial charge on any atom is 0.410 e. The highest BCUT2D eigenvalue weighted by Gasteiger charge is 2.36. The Balaban J connectivity index is 1.59. The molecule has 0 saturated carbocycles. The fraction of sp³-hybridized carbons (Fsp3) is 0.720. The number of likely N-dealkylation sites (tertiary alicyclic amines) is 1. The second kappa shape index (κ2) is 11.1. The number of nitrogens with zero attached hydrogens (tertiary/aromatic N) is 7. The number of halogens is 1. The van der Waals surface area contributed by atoms with Crippen molar-refractivity contribution < 1.29 is 28.6 Å². The first-order valence-electron chi connectivity index (χ1n) is 12.9. The fourth-order valence-corrected chi connectivity index (χ4v) is 5.14. The molecule has 13 heteroatoms. The van der Waals surface area contributed by atoms with Crippen LogP contribution in [0.1, 0.15) is 44.9 Å². The molecule has 2 amide bonds. The van der Waals surface area contributed by atoms with Crippen molar-refractivity contribution in [1.29, 1.82) is 5.26 Å². The van der Waals surface area contributed by atoms with E-state index in [2.05, 4.69) is 11.1 Å². The zero-order valence-electron chi connectivity index (χ0n) is 22.4. The number of hydrogen-bond donors (Lipinski definition) is 1. The first-order chi connectivity index (χ1) is 17.9. The van der Waals surface area contributed by atoms with Crippen LogP contribution in [0.4, 0.5) is 19.8 Å². The molecule has 3 aliphatic heterocycles.